The first kappa shape index (κ1) is 12.1. The van der Waals surface area contributed by atoms with Crippen molar-refractivity contribution in [2.24, 2.45) is 0 Å². The molecule has 0 aliphatic heterocycles. The highest BCUT2D eigenvalue weighted by Crippen LogP contribution is 2.17. The third-order valence-electron chi connectivity index (χ3n) is 3.03. The Balaban J connectivity index is 2.47. The molecule has 0 spiro atoms. The van der Waals surface area contributed by atoms with E-state index in [1.807, 2.05) is 41.8 Å². The average molecular weight is 238 g/mol. The summed E-state index contributed by atoms with van der Waals surface area (Å²) in [5, 5.41) is 9.03. The second kappa shape index (κ2) is 4.89. The first-order chi connectivity index (χ1) is 8.63. The monoisotopic (exact) mass is 238 g/mol. The van der Waals surface area contributed by atoms with Crippen molar-refractivity contribution in [2.45, 2.75) is 20.4 Å². The Bertz CT molecular complexity index is 618. The molecule has 0 radical (unpaired) electrons. The van der Waals surface area contributed by atoms with Crippen LogP contribution >= 0.6 is 0 Å². The number of hydrogen-bond donors (Lipinski definition) is 0. The van der Waals surface area contributed by atoms with Crippen LogP contribution in [0.1, 0.15) is 34.2 Å². The van der Waals surface area contributed by atoms with Gasteiger partial charge in [-0.3, -0.25) is 4.79 Å². The van der Waals surface area contributed by atoms with Crippen LogP contribution in [-0.4, -0.2) is 10.4 Å². The minimum atomic E-state index is -0.0180. The lowest BCUT2D eigenvalue weighted by Crippen LogP contribution is -2.09. The van der Waals surface area contributed by atoms with Gasteiger partial charge < -0.3 is 4.57 Å². The van der Waals surface area contributed by atoms with Gasteiger partial charge in [0.1, 0.15) is 6.07 Å². The van der Waals surface area contributed by atoms with Crippen LogP contribution in [0.2, 0.25) is 0 Å². The summed E-state index contributed by atoms with van der Waals surface area (Å²) < 4.78 is 1.90. The van der Waals surface area contributed by atoms with Crippen LogP contribution in [0, 0.1) is 18.3 Å². The fourth-order valence-electron chi connectivity index (χ4n) is 2.02. The van der Waals surface area contributed by atoms with Gasteiger partial charge in [0, 0.05) is 19.2 Å². The van der Waals surface area contributed by atoms with Gasteiger partial charge in [-0.05, 0) is 18.6 Å². The first-order valence-electron chi connectivity index (χ1n) is 5.78. The first-order valence-corrected chi connectivity index (χ1v) is 5.78. The molecule has 18 heavy (non-hydrogen) atoms. The molecule has 1 aromatic heterocycles. The van der Waals surface area contributed by atoms with Crippen molar-refractivity contribution < 1.29 is 4.79 Å². The number of nitriles is 1. The van der Waals surface area contributed by atoms with Gasteiger partial charge >= 0.3 is 0 Å². The summed E-state index contributed by atoms with van der Waals surface area (Å²) in [6.07, 6.45) is 0. The number of ketones is 1. The van der Waals surface area contributed by atoms with Crippen molar-refractivity contribution in [1.29, 1.82) is 5.26 Å². The summed E-state index contributed by atoms with van der Waals surface area (Å²) in [6.45, 7) is 4.01. The lowest BCUT2D eigenvalue weighted by atomic mass is 10.2. The van der Waals surface area contributed by atoms with Gasteiger partial charge in [0.05, 0.1) is 11.3 Å². The van der Waals surface area contributed by atoms with E-state index < -0.39 is 0 Å². The summed E-state index contributed by atoms with van der Waals surface area (Å²) in [6, 6.07) is 13.7. The van der Waals surface area contributed by atoms with E-state index in [0.29, 0.717) is 17.8 Å². The molecule has 0 aliphatic rings. The number of carbonyl (C=O) groups excluding carboxylic acids is 1. The summed E-state index contributed by atoms with van der Waals surface area (Å²) in [5.74, 6) is -0.0180. The van der Waals surface area contributed by atoms with Crippen molar-refractivity contribution in [1.82, 2.24) is 4.57 Å². The number of hydrogen-bond acceptors (Lipinski definition) is 2. The van der Waals surface area contributed by atoms with E-state index in [1.165, 1.54) is 6.92 Å². The van der Waals surface area contributed by atoms with E-state index in [9.17, 15) is 4.79 Å². The maximum Gasteiger partial charge on any atom is 0.176 e. The number of Topliss-reactive ketones (excluding diaryl/α,β-unsaturated/α-hetero) is 1. The Hall–Kier alpha value is -2.34. The minimum Gasteiger partial charge on any atom is -0.337 e. The number of rotatable bonds is 3. The predicted octanol–water partition coefficient (Wildman–Crippen LogP) is 2.92. The van der Waals surface area contributed by atoms with E-state index in [-0.39, 0.29) is 5.78 Å². The molecule has 0 saturated carbocycles. The summed E-state index contributed by atoms with van der Waals surface area (Å²) in [5.41, 5.74) is 3.11. The smallest absolute Gasteiger partial charge is 0.176 e. The number of benzene rings is 1. The van der Waals surface area contributed by atoms with E-state index in [4.69, 9.17) is 5.26 Å². The number of carbonyl (C=O) groups is 1. The van der Waals surface area contributed by atoms with Crippen molar-refractivity contribution in [2.75, 3.05) is 0 Å². The van der Waals surface area contributed by atoms with Crippen LogP contribution in [0.4, 0.5) is 0 Å². The van der Waals surface area contributed by atoms with E-state index in [2.05, 4.69) is 6.07 Å². The van der Waals surface area contributed by atoms with Gasteiger partial charge in [-0.25, -0.2) is 0 Å². The van der Waals surface area contributed by atoms with Gasteiger partial charge in [0.25, 0.3) is 0 Å². The Morgan fingerprint density at radius 2 is 2.00 bits per heavy atom. The van der Waals surface area contributed by atoms with Crippen LogP contribution in [0.5, 0.6) is 0 Å². The molecule has 0 bridgehead atoms. The SMILES string of the molecule is CC(=O)c1cc(C#N)c(C)n1Cc1ccccc1. The van der Waals surface area contributed by atoms with Crippen molar-refractivity contribution in [3.05, 3.63) is 58.9 Å². The molecule has 2 aromatic rings. The molecule has 3 nitrogen and oxygen atoms in total. The number of nitrogens with zero attached hydrogens (tertiary/aromatic N) is 2. The van der Waals surface area contributed by atoms with Gasteiger partial charge in [-0.1, -0.05) is 30.3 Å². The fraction of sp³-hybridized carbons (Fsp3) is 0.200. The molecule has 1 heterocycles. The molecular formula is C15H14N2O. The topological polar surface area (TPSA) is 45.8 Å². The molecular weight excluding hydrogens is 224 g/mol. The second-order valence-corrected chi connectivity index (χ2v) is 4.27. The molecule has 0 aliphatic carbocycles. The Morgan fingerprint density at radius 1 is 1.33 bits per heavy atom. The molecule has 0 atom stereocenters. The second-order valence-electron chi connectivity index (χ2n) is 4.27. The lowest BCUT2D eigenvalue weighted by molar-refractivity contribution is 0.100. The highest BCUT2D eigenvalue weighted by atomic mass is 16.1. The molecule has 3 heteroatoms. The zero-order valence-corrected chi connectivity index (χ0v) is 10.5. The van der Waals surface area contributed by atoms with Crippen LogP contribution in [-0.2, 0) is 6.54 Å². The normalized spacial score (nSPS) is 10.1. The lowest BCUT2D eigenvalue weighted by Gasteiger charge is -2.09. The quantitative estimate of drug-likeness (QED) is 0.772. The van der Waals surface area contributed by atoms with Crippen LogP contribution in [0.15, 0.2) is 36.4 Å². The van der Waals surface area contributed by atoms with Crippen LogP contribution in [0.3, 0.4) is 0 Å². The Morgan fingerprint density at radius 3 is 2.56 bits per heavy atom. The minimum absolute atomic E-state index is 0.0180. The van der Waals surface area contributed by atoms with Crippen molar-refractivity contribution >= 4 is 5.78 Å². The molecule has 0 unspecified atom stereocenters. The molecule has 0 saturated heterocycles. The zero-order valence-electron chi connectivity index (χ0n) is 10.5. The third-order valence-corrected chi connectivity index (χ3v) is 3.03. The largest absolute Gasteiger partial charge is 0.337 e. The van der Waals surface area contributed by atoms with Gasteiger partial charge in [0.2, 0.25) is 0 Å². The molecule has 0 fully saturated rings. The van der Waals surface area contributed by atoms with Gasteiger partial charge in [0.15, 0.2) is 5.78 Å². The zero-order chi connectivity index (χ0) is 13.1. The molecule has 2 rings (SSSR count). The highest BCUT2D eigenvalue weighted by molar-refractivity contribution is 5.93. The van der Waals surface area contributed by atoms with E-state index >= 15 is 0 Å². The van der Waals surface area contributed by atoms with Crippen molar-refractivity contribution in [3.63, 3.8) is 0 Å². The summed E-state index contributed by atoms with van der Waals surface area (Å²) >= 11 is 0. The van der Waals surface area contributed by atoms with Gasteiger partial charge in [-0.15, -0.1) is 0 Å². The molecule has 0 N–H and O–H groups in total. The van der Waals surface area contributed by atoms with Crippen LogP contribution < -0.4 is 0 Å². The fourth-order valence-corrected chi connectivity index (χ4v) is 2.02. The van der Waals surface area contributed by atoms with Crippen molar-refractivity contribution in [3.8, 4) is 6.07 Å². The third kappa shape index (κ3) is 2.18. The highest BCUT2D eigenvalue weighted by Gasteiger charge is 2.14. The molecule has 90 valence electrons. The van der Waals surface area contributed by atoms with Gasteiger partial charge in [-0.2, -0.15) is 5.26 Å². The van der Waals surface area contributed by atoms with Crippen LogP contribution in [0.25, 0.3) is 0 Å². The van der Waals surface area contributed by atoms with E-state index in [1.54, 1.807) is 6.07 Å². The Labute approximate surface area is 106 Å². The average Bonchev–Trinajstić information content (AvgIpc) is 2.68. The molecule has 1 aromatic carbocycles. The summed E-state index contributed by atoms with van der Waals surface area (Å²) in [7, 11) is 0. The summed E-state index contributed by atoms with van der Waals surface area (Å²) in [4.78, 5) is 11.6. The van der Waals surface area contributed by atoms with E-state index in [0.717, 1.165) is 11.3 Å². The number of aromatic nitrogens is 1. The maximum absolute atomic E-state index is 11.6. The Kier molecular flexibility index (Phi) is 3.29. The maximum atomic E-state index is 11.6. The predicted molar refractivity (Wildman–Crippen MR) is 69.4 cm³/mol. The standard InChI is InChI=1S/C15H14N2O/c1-11-14(9-16)8-15(12(2)18)17(11)10-13-6-4-3-5-7-13/h3-8H,10H2,1-2H3. The molecule has 0 amide bonds.